The molecule has 0 aliphatic rings. The number of nitrogens with one attached hydrogen (secondary N) is 1. The third kappa shape index (κ3) is 3.28. The highest BCUT2D eigenvalue weighted by atomic mass is 79.9. The zero-order valence-electron chi connectivity index (χ0n) is 11.9. The molecule has 0 saturated heterocycles. The fraction of sp³-hybridized carbons (Fsp3) is 0.333. The van der Waals surface area contributed by atoms with Gasteiger partial charge in [0, 0.05) is 22.3 Å². The monoisotopic (exact) mass is 335 g/mol. The smallest absolute Gasteiger partial charge is 0.251 e. The van der Waals surface area contributed by atoms with Crippen LogP contribution < -0.4 is 5.32 Å². The van der Waals surface area contributed by atoms with E-state index in [2.05, 4.69) is 33.3 Å². The molecule has 4 nitrogen and oxygen atoms in total. The number of rotatable bonds is 4. The van der Waals surface area contributed by atoms with Gasteiger partial charge in [0.2, 0.25) is 0 Å². The first kappa shape index (κ1) is 14.8. The lowest BCUT2D eigenvalue weighted by Crippen LogP contribution is -2.27. The molecular weight excluding hydrogens is 318 g/mol. The van der Waals surface area contributed by atoms with Crippen LogP contribution in [0.25, 0.3) is 0 Å². The summed E-state index contributed by atoms with van der Waals surface area (Å²) in [7, 11) is 0. The van der Waals surface area contributed by atoms with Crippen LogP contribution in [0.4, 0.5) is 0 Å². The second kappa shape index (κ2) is 6.22. The molecule has 1 N–H and O–H groups in total. The van der Waals surface area contributed by atoms with E-state index in [-0.39, 0.29) is 5.91 Å². The van der Waals surface area contributed by atoms with Gasteiger partial charge in [0.15, 0.2) is 0 Å². The molecule has 2 rings (SSSR count). The van der Waals surface area contributed by atoms with Gasteiger partial charge in [0.1, 0.15) is 0 Å². The van der Waals surface area contributed by atoms with Gasteiger partial charge in [-0.2, -0.15) is 5.10 Å². The van der Waals surface area contributed by atoms with Crippen molar-refractivity contribution in [2.45, 2.75) is 27.3 Å². The van der Waals surface area contributed by atoms with Gasteiger partial charge >= 0.3 is 0 Å². The lowest BCUT2D eigenvalue weighted by Gasteiger charge is -2.07. The van der Waals surface area contributed by atoms with Crippen molar-refractivity contribution in [3.8, 4) is 0 Å². The number of amides is 1. The number of carbonyl (C=O) groups excluding carboxylic acids is 1. The minimum absolute atomic E-state index is 0.0595. The van der Waals surface area contributed by atoms with Gasteiger partial charge in [0.25, 0.3) is 5.91 Å². The van der Waals surface area contributed by atoms with E-state index in [4.69, 9.17) is 0 Å². The van der Waals surface area contributed by atoms with Gasteiger partial charge in [-0.25, -0.2) is 0 Å². The van der Waals surface area contributed by atoms with E-state index in [1.54, 1.807) is 12.1 Å². The number of benzene rings is 1. The maximum Gasteiger partial charge on any atom is 0.251 e. The van der Waals surface area contributed by atoms with Crippen LogP contribution in [-0.4, -0.2) is 22.2 Å². The van der Waals surface area contributed by atoms with Crippen molar-refractivity contribution in [2.75, 3.05) is 6.54 Å². The first-order valence-corrected chi connectivity index (χ1v) is 7.32. The SMILES string of the molecule is Cc1nn(CCNC(=O)c2ccc(Br)cc2)c(C)c1C. The Kier molecular flexibility index (Phi) is 4.60. The molecule has 0 atom stereocenters. The largest absolute Gasteiger partial charge is 0.350 e. The summed E-state index contributed by atoms with van der Waals surface area (Å²) in [5, 5.41) is 7.36. The minimum Gasteiger partial charge on any atom is -0.350 e. The number of halogens is 1. The van der Waals surface area contributed by atoms with Crippen molar-refractivity contribution in [3.63, 3.8) is 0 Å². The average molecular weight is 336 g/mol. The molecule has 20 heavy (non-hydrogen) atoms. The Morgan fingerprint density at radius 3 is 2.45 bits per heavy atom. The maximum atomic E-state index is 11.9. The summed E-state index contributed by atoms with van der Waals surface area (Å²) in [6.07, 6.45) is 0. The summed E-state index contributed by atoms with van der Waals surface area (Å²) in [4.78, 5) is 11.9. The standard InChI is InChI=1S/C15H18BrN3O/c1-10-11(2)18-19(12(10)3)9-8-17-15(20)13-4-6-14(16)7-5-13/h4-7H,8-9H2,1-3H3,(H,17,20). The Morgan fingerprint density at radius 1 is 1.25 bits per heavy atom. The van der Waals surface area contributed by atoms with Crippen LogP contribution in [0.15, 0.2) is 28.7 Å². The summed E-state index contributed by atoms with van der Waals surface area (Å²) in [5.41, 5.74) is 4.07. The molecular formula is C15H18BrN3O. The van der Waals surface area contributed by atoms with Crippen molar-refractivity contribution in [2.24, 2.45) is 0 Å². The lowest BCUT2D eigenvalue weighted by atomic mass is 10.2. The number of hydrogen-bond acceptors (Lipinski definition) is 2. The normalized spacial score (nSPS) is 10.6. The predicted molar refractivity (Wildman–Crippen MR) is 82.9 cm³/mol. The summed E-state index contributed by atoms with van der Waals surface area (Å²) >= 11 is 3.35. The van der Waals surface area contributed by atoms with Crippen molar-refractivity contribution in [1.29, 1.82) is 0 Å². The van der Waals surface area contributed by atoms with E-state index in [1.165, 1.54) is 5.56 Å². The Labute approximate surface area is 127 Å². The quantitative estimate of drug-likeness (QED) is 0.933. The number of carbonyl (C=O) groups is 1. The van der Waals surface area contributed by atoms with Crippen LogP contribution >= 0.6 is 15.9 Å². The maximum absolute atomic E-state index is 11.9. The van der Waals surface area contributed by atoms with Gasteiger partial charge in [-0.1, -0.05) is 15.9 Å². The molecule has 0 radical (unpaired) electrons. The van der Waals surface area contributed by atoms with Crippen LogP contribution in [-0.2, 0) is 6.54 Å². The van der Waals surface area contributed by atoms with Gasteiger partial charge in [0.05, 0.1) is 12.2 Å². The highest BCUT2D eigenvalue weighted by Gasteiger charge is 2.08. The second-order valence-electron chi connectivity index (χ2n) is 4.78. The highest BCUT2D eigenvalue weighted by molar-refractivity contribution is 9.10. The molecule has 0 aliphatic heterocycles. The molecule has 106 valence electrons. The van der Waals surface area contributed by atoms with Gasteiger partial charge in [-0.05, 0) is 50.6 Å². The van der Waals surface area contributed by atoms with Gasteiger partial charge in [-0.15, -0.1) is 0 Å². The molecule has 0 spiro atoms. The molecule has 0 aliphatic carbocycles. The fourth-order valence-electron chi connectivity index (χ4n) is 1.98. The van der Waals surface area contributed by atoms with Crippen molar-refractivity contribution in [1.82, 2.24) is 15.1 Å². The third-order valence-corrected chi connectivity index (χ3v) is 3.99. The molecule has 2 aromatic rings. The summed E-state index contributed by atoms with van der Waals surface area (Å²) in [6.45, 7) is 7.36. The molecule has 0 bridgehead atoms. The Hall–Kier alpha value is -1.62. The van der Waals surface area contributed by atoms with Crippen molar-refractivity contribution < 1.29 is 4.79 Å². The molecule has 0 unspecified atom stereocenters. The topological polar surface area (TPSA) is 46.9 Å². The molecule has 0 fully saturated rings. The summed E-state index contributed by atoms with van der Waals surface area (Å²) in [5.74, 6) is -0.0595. The Morgan fingerprint density at radius 2 is 1.90 bits per heavy atom. The number of aromatic nitrogens is 2. The van der Waals surface area contributed by atoms with E-state index in [0.717, 1.165) is 15.9 Å². The van der Waals surface area contributed by atoms with Gasteiger partial charge < -0.3 is 5.32 Å². The van der Waals surface area contributed by atoms with E-state index in [0.29, 0.717) is 18.7 Å². The van der Waals surface area contributed by atoms with Crippen molar-refractivity contribution in [3.05, 3.63) is 51.3 Å². The molecule has 1 amide bonds. The summed E-state index contributed by atoms with van der Waals surface area (Å²) in [6, 6.07) is 7.32. The zero-order chi connectivity index (χ0) is 14.7. The summed E-state index contributed by atoms with van der Waals surface area (Å²) < 4.78 is 2.90. The number of nitrogens with zero attached hydrogens (tertiary/aromatic N) is 2. The zero-order valence-corrected chi connectivity index (χ0v) is 13.5. The van der Waals surface area contributed by atoms with Crippen molar-refractivity contribution >= 4 is 21.8 Å². The first-order chi connectivity index (χ1) is 9.49. The van der Waals surface area contributed by atoms with E-state index < -0.39 is 0 Å². The van der Waals surface area contributed by atoms with E-state index >= 15 is 0 Å². The molecule has 1 heterocycles. The van der Waals surface area contributed by atoms with Gasteiger partial charge in [-0.3, -0.25) is 9.48 Å². The molecule has 1 aromatic heterocycles. The second-order valence-corrected chi connectivity index (χ2v) is 5.70. The van der Waals surface area contributed by atoms with E-state index in [1.807, 2.05) is 30.7 Å². The average Bonchev–Trinajstić information content (AvgIpc) is 2.67. The highest BCUT2D eigenvalue weighted by Crippen LogP contribution is 2.11. The van der Waals surface area contributed by atoms with Crippen LogP contribution in [0.3, 0.4) is 0 Å². The number of aryl methyl sites for hydroxylation is 1. The molecule has 5 heteroatoms. The van der Waals surface area contributed by atoms with Crippen LogP contribution in [0, 0.1) is 20.8 Å². The minimum atomic E-state index is -0.0595. The molecule has 1 aromatic carbocycles. The van der Waals surface area contributed by atoms with Crippen LogP contribution in [0.2, 0.25) is 0 Å². The fourth-order valence-corrected chi connectivity index (χ4v) is 2.25. The van der Waals surface area contributed by atoms with E-state index in [9.17, 15) is 4.79 Å². The predicted octanol–water partition coefficient (Wildman–Crippen LogP) is 3.00. The van der Waals surface area contributed by atoms with Crippen LogP contribution in [0.5, 0.6) is 0 Å². The Balaban J connectivity index is 1.91. The Bertz CT molecular complexity index is 617. The van der Waals surface area contributed by atoms with Crippen LogP contribution in [0.1, 0.15) is 27.3 Å². The lowest BCUT2D eigenvalue weighted by molar-refractivity contribution is 0.0952. The third-order valence-electron chi connectivity index (χ3n) is 3.46. The first-order valence-electron chi connectivity index (χ1n) is 6.53. The number of hydrogen-bond donors (Lipinski definition) is 1. The molecule has 0 saturated carbocycles.